The van der Waals surface area contributed by atoms with Crippen molar-refractivity contribution in [3.63, 3.8) is 0 Å². The van der Waals surface area contributed by atoms with Crippen LogP contribution in [0.25, 0.3) is 0 Å². The fourth-order valence-corrected chi connectivity index (χ4v) is 2.58. The van der Waals surface area contributed by atoms with Gasteiger partial charge in [-0.2, -0.15) is 0 Å². The summed E-state index contributed by atoms with van der Waals surface area (Å²) in [5, 5.41) is 15.1. The van der Waals surface area contributed by atoms with E-state index < -0.39 is 29.0 Å². The summed E-state index contributed by atoms with van der Waals surface area (Å²) in [7, 11) is 0. The smallest absolute Gasteiger partial charge is 0.313 e. The zero-order valence-electron chi connectivity index (χ0n) is 13.1. The predicted molar refractivity (Wildman–Crippen MR) is 83.3 cm³/mol. The Hall–Kier alpha value is -2.74. The molecule has 25 heavy (non-hydrogen) atoms. The average Bonchev–Trinajstić information content (AvgIpc) is 3.29. The average molecular weight is 350 g/mol. The Kier molecular flexibility index (Phi) is 4.54. The molecule has 0 aliphatic heterocycles. The minimum absolute atomic E-state index is 0.0726. The summed E-state index contributed by atoms with van der Waals surface area (Å²) >= 11 is 0. The van der Waals surface area contributed by atoms with Crippen LogP contribution < -0.4 is 10.6 Å². The molecule has 1 aliphatic rings. The van der Waals surface area contributed by atoms with Gasteiger partial charge in [0.1, 0.15) is 23.0 Å². The highest BCUT2D eigenvalue weighted by atomic mass is 19.1. The number of nitrogens with one attached hydrogen (secondary N) is 2. The van der Waals surface area contributed by atoms with Crippen LogP contribution >= 0.6 is 0 Å². The number of hydrogen-bond acceptors (Lipinski definition) is 4. The number of furan rings is 1. The number of hydrogen-bond donors (Lipinski definition) is 3. The number of halogens is 2. The molecular formula is C17H16F2N2O4. The summed E-state index contributed by atoms with van der Waals surface area (Å²) < 4.78 is 31.6. The number of aliphatic hydroxyl groups is 1. The van der Waals surface area contributed by atoms with Gasteiger partial charge in [0, 0.05) is 6.07 Å². The Morgan fingerprint density at radius 1 is 1.24 bits per heavy atom. The Balaban J connectivity index is 1.62. The van der Waals surface area contributed by atoms with Crippen LogP contribution in [0.2, 0.25) is 0 Å². The number of rotatable bonds is 5. The molecule has 8 heteroatoms. The third-order valence-electron chi connectivity index (χ3n) is 4.10. The maximum absolute atomic E-state index is 13.5. The summed E-state index contributed by atoms with van der Waals surface area (Å²) in [6.45, 7) is -0.219. The molecule has 0 radical (unpaired) electrons. The van der Waals surface area contributed by atoms with Gasteiger partial charge in [0.05, 0.1) is 18.5 Å². The molecule has 0 spiro atoms. The van der Waals surface area contributed by atoms with Crippen LogP contribution in [0.4, 0.5) is 14.5 Å². The van der Waals surface area contributed by atoms with Gasteiger partial charge in [-0.25, -0.2) is 8.78 Å². The SMILES string of the molecule is O=C(NCC(O)(c1ccco1)C1CC1)C(=O)Nc1ccc(F)cc1F. The minimum Gasteiger partial charge on any atom is -0.466 e. The third kappa shape index (κ3) is 3.69. The quantitative estimate of drug-likeness (QED) is 0.719. The van der Waals surface area contributed by atoms with Crippen molar-refractivity contribution in [2.45, 2.75) is 18.4 Å². The first-order chi connectivity index (χ1) is 11.9. The number of carbonyl (C=O) groups excluding carboxylic acids is 2. The van der Waals surface area contributed by atoms with Crippen molar-refractivity contribution in [3.05, 3.63) is 54.0 Å². The highest BCUT2D eigenvalue weighted by Crippen LogP contribution is 2.45. The molecule has 132 valence electrons. The van der Waals surface area contributed by atoms with Gasteiger partial charge >= 0.3 is 11.8 Å². The lowest BCUT2D eigenvalue weighted by Crippen LogP contribution is -2.45. The van der Waals surface area contributed by atoms with Crippen LogP contribution in [0.1, 0.15) is 18.6 Å². The van der Waals surface area contributed by atoms with Gasteiger partial charge < -0.3 is 20.2 Å². The first-order valence-corrected chi connectivity index (χ1v) is 7.71. The molecule has 2 aromatic rings. The van der Waals surface area contributed by atoms with Crippen molar-refractivity contribution >= 4 is 17.5 Å². The lowest BCUT2D eigenvalue weighted by atomic mass is 9.94. The monoisotopic (exact) mass is 350 g/mol. The van der Waals surface area contributed by atoms with Gasteiger partial charge in [-0.15, -0.1) is 0 Å². The molecule has 2 amide bonds. The van der Waals surface area contributed by atoms with E-state index in [1.165, 1.54) is 6.26 Å². The maximum Gasteiger partial charge on any atom is 0.313 e. The second kappa shape index (κ2) is 6.64. The first kappa shape index (κ1) is 17.1. The van der Waals surface area contributed by atoms with Crippen LogP contribution in [0, 0.1) is 17.6 Å². The standard InChI is InChI=1S/C17H16F2N2O4/c18-11-5-6-13(12(19)8-11)21-16(23)15(22)20-9-17(24,10-3-4-10)14-2-1-7-25-14/h1-2,5-8,10,24H,3-4,9H2,(H,20,22)(H,21,23). The molecule has 1 atom stereocenters. The van der Waals surface area contributed by atoms with Crippen molar-refractivity contribution in [3.8, 4) is 0 Å². The molecule has 1 heterocycles. The van der Waals surface area contributed by atoms with Gasteiger partial charge in [-0.05, 0) is 43.0 Å². The second-order valence-corrected chi connectivity index (χ2v) is 5.94. The van der Waals surface area contributed by atoms with Crippen LogP contribution in [0.5, 0.6) is 0 Å². The fourth-order valence-electron chi connectivity index (χ4n) is 2.58. The molecule has 1 aromatic carbocycles. The predicted octanol–water partition coefficient (Wildman–Crippen LogP) is 1.91. The fraction of sp³-hybridized carbons (Fsp3) is 0.294. The van der Waals surface area contributed by atoms with E-state index in [9.17, 15) is 23.5 Å². The minimum atomic E-state index is -1.40. The number of anilines is 1. The van der Waals surface area contributed by atoms with E-state index in [0.717, 1.165) is 25.0 Å². The van der Waals surface area contributed by atoms with Crippen molar-refractivity contribution in [2.75, 3.05) is 11.9 Å². The molecule has 1 aliphatic carbocycles. The Bertz CT molecular complexity index is 790. The lowest BCUT2D eigenvalue weighted by Gasteiger charge is -2.26. The second-order valence-electron chi connectivity index (χ2n) is 5.94. The lowest BCUT2D eigenvalue weighted by molar-refractivity contribution is -0.137. The molecule has 1 unspecified atom stereocenters. The normalized spacial score (nSPS) is 16.1. The van der Waals surface area contributed by atoms with Gasteiger partial charge in [-0.3, -0.25) is 9.59 Å². The van der Waals surface area contributed by atoms with E-state index in [0.29, 0.717) is 11.8 Å². The molecule has 1 aromatic heterocycles. The Morgan fingerprint density at radius 3 is 2.60 bits per heavy atom. The van der Waals surface area contributed by atoms with Gasteiger partial charge in [0.25, 0.3) is 0 Å². The Morgan fingerprint density at radius 2 is 2.00 bits per heavy atom. The summed E-state index contributed by atoms with van der Waals surface area (Å²) in [4.78, 5) is 23.8. The first-order valence-electron chi connectivity index (χ1n) is 7.71. The molecular weight excluding hydrogens is 334 g/mol. The molecule has 3 N–H and O–H groups in total. The maximum atomic E-state index is 13.5. The third-order valence-corrected chi connectivity index (χ3v) is 4.10. The molecule has 1 saturated carbocycles. The number of carbonyl (C=O) groups is 2. The summed E-state index contributed by atoms with van der Waals surface area (Å²) in [5.41, 5.74) is -1.72. The number of amides is 2. The summed E-state index contributed by atoms with van der Waals surface area (Å²) in [6, 6.07) is 5.78. The van der Waals surface area contributed by atoms with Crippen LogP contribution in [-0.2, 0) is 15.2 Å². The van der Waals surface area contributed by atoms with E-state index in [4.69, 9.17) is 4.42 Å². The van der Waals surface area contributed by atoms with E-state index in [1.54, 1.807) is 12.1 Å². The summed E-state index contributed by atoms with van der Waals surface area (Å²) in [5.74, 6) is -3.73. The topological polar surface area (TPSA) is 91.6 Å². The van der Waals surface area contributed by atoms with E-state index >= 15 is 0 Å². The molecule has 6 nitrogen and oxygen atoms in total. The van der Waals surface area contributed by atoms with Gasteiger partial charge in [0.2, 0.25) is 0 Å². The highest BCUT2D eigenvalue weighted by molar-refractivity contribution is 6.39. The zero-order chi connectivity index (χ0) is 18.0. The van der Waals surface area contributed by atoms with Crippen molar-refractivity contribution in [2.24, 2.45) is 5.92 Å². The van der Waals surface area contributed by atoms with Crippen molar-refractivity contribution in [1.29, 1.82) is 0 Å². The Labute approximate surface area is 141 Å². The molecule has 1 fully saturated rings. The largest absolute Gasteiger partial charge is 0.466 e. The number of benzene rings is 1. The van der Waals surface area contributed by atoms with Gasteiger partial charge in [-0.1, -0.05) is 0 Å². The highest BCUT2D eigenvalue weighted by Gasteiger charge is 2.47. The van der Waals surface area contributed by atoms with E-state index in [-0.39, 0.29) is 18.2 Å². The van der Waals surface area contributed by atoms with Crippen molar-refractivity contribution in [1.82, 2.24) is 5.32 Å². The van der Waals surface area contributed by atoms with E-state index in [2.05, 4.69) is 10.6 Å². The molecule has 0 bridgehead atoms. The molecule has 0 saturated heterocycles. The van der Waals surface area contributed by atoms with Crippen molar-refractivity contribution < 1.29 is 27.9 Å². The molecule has 3 rings (SSSR count). The van der Waals surface area contributed by atoms with Crippen LogP contribution in [0.15, 0.2) is 41.0 Å². The van der Waals surface area contributed by atoms with Crippen LogP contribution in [0.3, 0.4) is 0 Å². The van der Waals surface area contributed by atoms with Gasteiger partial charge in [0.15, 0.2) is 0 Å². The van der Waals surface area contributed by atoms with Crippen LogP contribution in [-0.4, -0.2) is 23.5 Å². The van der Waals surface area contributed by atoms with E-state index in [1.807, 2.05) is 0 Å². The summed E-state index contributed by atoms with van der Waals surface area (Å²) in [6.07, 6.45) is 2.97. The zero-order valence-corrected chi connectivity index (χ0v) is 13.1.